The summed E-state index contributed by atoms with van der Waals surface area (Å²) in [6, 6.07) is 11.5. The Kier molecular flexibility index (Phi) is 6.67. The lowest BCUT2D eigenvalue weighted by Crippen LogP contribution is -2.15. The minimum atomic E-state index is -0.459. The molecule has 124 valence electrons. The van der Waals surface area contributed by atoms with Gasteiger partial charge in [0.15, 0.2) is 0 Å². The van der Waals surface area contributed by atoms with E-state index in [2.05, 4.69) is 11.8 Å². The highest BCUT2D eigenvalue weighted by Gasteiger charge is 2.03. The lowest BCUT2D eigenvalue weighted by Gasteiger charge is -2.17. The minimum Gasteiger partial charge on any atom is -0.495 e. The van der Waals surface area contributed by atoms with Crippen LogP contribution in [0.2, 0.25) is 0 Å². The van der Waals surface area contributed by atoms with Gasteiger partial charge in [-0.15, -0.1) is 0 Å². The normalized spacial score (nSPS) is 9.52. The zero-order valence-corrected chi connectivity index (χ0v) is 13.5. The van der Waals surface area contributed by atoms with Gasteiger partial charge in [0.25, 0.3) is 5.69 Å². The number of benzene rings is 2. The number of rotatable bonds is 4. The molecule has 2 aromatic rings. The summed E-state index contributed by atoms with van der Waals surface area (Å²) < 4.78 is 5.13. The molecule has 0 spiro atoms. The predicted octanol–water partition coefficient (Wildman–Crippen LogP) is 2.91. The Bertz CT molecular complexity index is 644. The molecule has 0 aliphatic heterocycles. The monoisotopic (exact) mass is 318 g/mol. The second kappa shape index (κ2) is 8.47. The van der Waals surface area contributed by atoms with Crippen LogP contribution in [0, 0.1) is 10.1 Å². The van der Waals surface area contributed by atoms with Gasteiger partial charge in [-0.25, -0.2) is 0 Å². The Balaban J connectivity index is 0.000000238. The molecular formula is C16H22N4O3. The number of hydrogen-bond acceptors (Lipinski definition) is 6. The van der Waals surface area contributed by atoms with E-state index in [1.54, 1.807) is 7.11 Å². The molecule has 0 aromatic heterocycles. The molecule has 2 rings (SSSR count). The summed E-state index contributed by atoms with van der Waals surface area (Å²) in [5.74, 6) is 0.734. The third kappa shape index (κ3) is 5.39. The molecule has 0 radical (unpaired) electrons. The third-order valence-corrected chi connectivity index (χ3v) is 3.24. The summed E-state index contributed by atoms with van der Waals surface area (Å²) >= 11 is 0. The Hall–Kier alpha value is -2.96. The molecule has 0 saturated carbocycles. The number of nitro benzene ring substituents is 1. The van der Waals surface area contributed by atoms with E-state index >= 15 is 0 Å². The van der Waals surface area contributed by atoms with E-state index in [0.717, 1.165) is 18.0 Å². The van der Waals surface area contributed by atoms with Crippen molar-refractivity contribution in [2.75, 3.05) is 37.1 Å². The number of hydrogen-bond donors (Lipinski definition) is 2. The van der Waals surface area contributed by atoms with E-state index in [1.165, 1.54) is 24.3 Å². The number of ether oxygens (including phenoxy) is 1. The molecule has 0 bridgehead atoms. The lowest BCUT2D eigenvalue weighted by molar-refractivity contribution is -0.384. The first-order valence-corrected chi connectivity index (χ1v) is 7.03. The van der Waals surface area contributed by atoms with E-state index in [0.29, 0.717) is 11.4 Å². The Morgan fingerprint density at radius 3 is 2.26 bits per heavy atom. The Morgan fingerprint density at radius 1 is 1.17 bits per heavy atom. The molecule has 0 saturated heterocycles. The highest BCUT2D eigenvalue weighted by Crippen LogP contribution is 2.26. The van der Waals surface area contributed by atoms with Crippen molar-refractivity contribution in [1.29, 1.82) is 0 Å². The van der Waals surface area contributed by atoms with Gasteiger partial charge in [-0.2, -0.15) is 0 Å². The molecule has 7 nitrogen and oxygen atoms in total. The van der Waals surface area contributed by atoms with Crippen molar-refractivity contribution in [3.63, 3.8) is 0 Å². The highest BCUT2D eigenvalue weighted by atomic mass is 16.6. The highest BCUT2D eigenvalue weighted by molar-refractivity contribution is 5.62. The predicted molar refractivity (Wildman–Crippen MR) is 93.9 cm³/mol. The standard InChI is InChI=1S/C10H16N2O.C6H6N2O2/c1-4-12(2)8-5-6-9(11)10(7-8)13-3;7-5-1-3-6(4-2-5)8(9)10/h5-7H,4,11H2,1-3H3;1-4H,7H2. The van der Waals surface area contributed by atoms with Gasteiger partial charge in [0.05, 0.1) is 17.7 Å². The number of methoxy groups -OCH3 is 1. The quantitative estimate of drug-likeness (QED) is 0.510. The van der Waals surface area contributed by atoms with Crippen molar-refractivity contribution in [1.82, 2.24) is 0 Å². The molecule has 7 heteroatoms. The average molecular weight is 318 g/mol. The van der Waals surface area contributed by atoms with Crippen molar-refractivity contribution >= 4 is 22.7 Å². The maximum atomic E-state index is 10.1. The van der Waals surface area contributed by atoms with Crippen molar-refractivity contribution in [3.8, 4) is 5.75 Å². The molecule has 0 atom stereocenters. The van der Waals surface area contributed by atoms with E-state index in [9.17, 15) is 10.1 Å². The molecule has 23 heavy (non-hydrogen) atoms. The number of nitrogens with two attached hydrogens (primary N) is 2. The Labute approximate surface area is 135 Å². The van der Waals surface area contributed by atoms with E-state index < -0.39 is 4.92 Å². The van der Waals surface area contributed by atoms with Gasteiger partial charge in [0.2, 0.25) is 0 Å². The fourth-order valence-corrected chi connectivity index (χ4v) is 1.72. The van der Waals surface area contributed by atoms with Crippen LogP contribution in [0.15, 0.2) is 42.5 Å². The number of non-ortho nitro benzene ring substituents is 1. The van der Waals surface area contributed by atoms with Crippen molar-refractivity contribution in [3.05, 3.63) is 52.6 Å². The van der Waals surface area contributed by atoms with Crippen LogP contribution in [0.3, 0.4) is 0 Å². The second-order valence-corrected chi connectivity index (χ2v) is 4.79. The maximum Gasteiger partial charge on any atom is 0.269 e. The summed E-state index contributed by atoms with van der Waals surface area (Å²) in [6.07, 6.45) is 0. The third-order valence-electron chi connectivity index (χ3n) is 3.24. The molecule has 0 amide bonds. The fraction of sp³-hybridized carbons (Fsp3) is 0.250. The maximum absolute atomic E-state index is 10.1. The largest absolute Gasteiger partial charge is 0.495 e. The molecule has 2 aromatic carbocycles. The van der Waals surface area contributed by atoms with Crippen LogP contribution in [-0.4, -0.2) is 25.6 Å². The van der Waals surface area contributed by atoms with Crippen LogP contribution in [0.25, 0.3) is 0 Å². The van der Waals surface area contributed by atoms with Gasteiger partial charge < -0.3 is 21.1 Å². The number of nitro groups is 1. The van der Waals surface area contributed by atoms with Gasteiger partial charge in [-0.1, -0.05) is 0 Å². The van der Waals surface area contributed by atoms with E-state index in [1.807, 2.05) is 25.2 Å². The minimum absolute atomic E-state index is 0.0641. The lowest BCUT2D eigenvalue weighted by atomic mass is 10.2. The summed E-state index contributed by atoms with van der Waals surface area (Å²) in [5.41, 5.74) is 13.4. The van der Waals surface area contributed by atoms with Crippen LogP contribution in [0.1, 0.15) is 6.92 Å². The summed E-state index contributed by atoms with van der Waals surface area (Å²) in [7, 11) is 3.66. The van der Waals surface area contributed by atoms with Crippen LogP contribution in [0.5, 0.6) is 5.75 Å². The van der Waals surface area contributed by atoms with Crippen LogP contribution in [-0.2, 0) is 0 Å². The zero-order chi connectivity index (χ0) is 17.4. The molecule has 0 aliphatic carbocycles. The van der Waals surface area contributed by atoms with E-state index in [4.69, 9.17) is 16.2 Å². The SMILES string of the molecule is CCN(C)c1ccc(N)c(OC)c1.Nc1ccc([N+](=O)[O-])cc1. The van der Waals surface area contributed by atoms with Crippen LogP contribution < -0.4 is 21.1 Å². The van der Waals surface area contributed by atoms with E-state index in [-0.39, 0.29) is 5.69 Å². The molecule has 4 N–H and O–H groups in total. The summed E-state index contributed by atoms with van der Waals surface area (Å²) in [4.78, 5) is 11.7. The van der Waals surface area contributed by atoms with Gasteiger partial charge in [-0.3, -0.25) is 10.1 Å². The smallest absolute Gasteiger partial charge is 0.269 e. The second-order valence-electron chi connectivity index (χ2n) is 4.79. The van der Waals surface area contributed by atoms with Gasteiger partial charge in [0.1, 0.15) is 5.75 Å². The topological polar surface area (TPSA) is 108 Å². The van der Waals surface area contributed by atoms with Crippen molar-refractivity contribution in [2.24, 2.45) is 0 Å². The molecule has 0 heterocycles. The zero-order valence-electron chi connectivity index (χ0n) is 13.5. The molecule has 0 aliphatic rings. The Morgan fingerprint density at radius 2 is 1.78 bits per heavy atom. The number of anilines is 3. The van der Waals surface area contributed by atoms with Gasteiger partial charge >= 0.3 is 0 Å². The molecule has 0 unspecified atom stereocenters. The first kappa shape index (κ1) is 18.1. The first-order valence-electron chi connectivity index (χ1n) is 7.03. The first-order chi connectivity index (χ1) is 10.9. The fourth-order valence-electron chi connectivity index (χ4n) is 1.72. The van der Waals surface area contributed by atoms with Gasteiger partial charge in [0, 0.05) is 43.2 Å². The van der Waals surface area contributed by atoms with Crippen molar-refractivity contribution < 1.29 is 9.66 Å². The summed E-state index contributed by atoms with van der Waals surface area (Å²) in [5, 5.41) is 10.1. The number of nitrogen functional groups attached to an aromatic ring is 2. The average Bonchev–Trinajstić information content (AvgIpc) is 2.55. The van der Waals surface area contributed by atoms with Gasteiger partial charge in [-0.05, 0) is 31.2 Å². The summed E-state index contributed by atoms with van der Waals surface area (Å²) in [6.45, 7) is 3.07. The van der Waals surface area contributed by atoms with Crippen molar-refractivity contribution in [2.45, 2.75) is 6.92 Å². The number of nitrogens with zero attached hydrogens (tertiary/aromatic N) is 2. The van der Waals surface area contributed by atoms with Crippen LogP contribution >= 0.6 is 0 Å². The van der Waals surface area contributed by atoms with Crippen LogP contribution in [0.4, 0.5) is 22.7 Å². The molecule has 0 fully saturated rings. The molecular weight excluding hydrogens is 296 g/mol.